The van der Waals surface area contributed by atoms with Crippen molar-refractivity contribution < 1.29 is 9.53 Å². The van der Waals surface area contributed by atoms with Gasteiger partial charge in [-0.25, -0.2) is 5.43 Å². The fourth-order valence-corrected chi connectivity index (χ4v) is 3.86. The van der Waals surface area contributed by atoms with Gasteiger partial charge in [0.15, 0.2) is 11.0 Å². The molecule has 2 N–H and O–H groups in total. The SMILES string of the molecule is C=CCn1c(CNc2ccc(C)cc2)nnc1SC(C)C(=O)NN=Cc1ccc(OCC)cc1. The normalized spacial score (nSPS) is 11.9. The molecule has 0 aliphatic rings. The van der Waals surface area contributed by atoms with Crippen LogP contribution >= 0.6 is 11.8 Å². The summed E-state index contributed by atoms with van der Waals surface area (Å²) in [7, 11) is 0. The van der Waals surface area contributed by atoms with Gasteiger partial charge in [-0.15, -0.1) is 16.8 Å². The molecule has 1 aromatic heterocycles. The summed E-state index contributed by atoms with van der Waals surface area (Å²) < 4.78 is 7.37. The molecule has 1 amide bonds. The summed E-state index contributed by atoms with van der Waals surface area (Å²) in [4.78, 5) is 12.5. The van der Waals surface area contributed by atoms with Gasteiger partial charge in [0.25, 0.3) is 5.91 Å². The molecule has 0 spiro atoms. The van der Waals surface area contributed by atoms with Crippen LogP contribution in [0.15, 0.2) is 71.4 Å². The molecule has 2 aromatic carbocycles. The minimum Gasteiger partial charge on any atom is -0.494 e. The van der Waals surface area contributed by atoms with E-state index in [4.69, 9.17) is 4.74 Å². The Hall–Kier alpha value is -3.59. The number of hydrogen-bond acceptors (Lipinski definition) is 7. The second-order valence-electron chi connectivity index (χ2n) is 7.51. The van der Waals surface area contributed by atoms with Crippen LogP contribution in [0.3, 0.4) is 0 Å². The van der Waals surface area contributed by atoms with E-state index in [9.17, 15) is 4.79 Å². The smallest absolute Gasteiger partial charge is 0.253 e. The second kappa shape index (κ2) is 12.6. The van der Waals surface area contributed by atoms with E-state index in [1.54, 1.807) is 12.3 Å². The number of rotatable bonds is 12. The molecule has 3 rings (SSSR count). The number of aryl methyl sites for hydroxylation is 1. The maximum Gasteiger partial charge on any atom is 0.253 e. The number of anilines is 1. The Labute approximate surface area is 204 Å². The average molecular weight is 479 g/mol. The highest BCUT2D eigenvalue weighted by atomic mass is 32.2. The fraction of sp³-hybridized carbons (Fsp3) is 0.280. The molecule has 3 aromatic rings. The number of ether oxygens (including phenoxy) is 1. The number of carbonyl (C=O) groups is 1. The van der Waals surface area contributed by atoms with E-state index in [0.717, 1.165) is 22.8 Å². The van der Waals surface area contributed by atoms with Crippen LogP contribution in [0.1, 0.15) is 30.8 Å². The summed E-state index contributed by atoms with van der Waals surface area (Å²) in [6.07, 6.45) is 3.38. The molecule has 0 bridgehead atoms. The van der Waals surface area contributed by atoms with E-state index in [1.165, 1.54) is 17.3 Å². The molecular weight excluding hydrogens is 448 g/mol. The quantitative estimate of drug-likeness (QED) is 0.173. The zero-order valence-electron chi connectivity index (χ0n) is 19.7. The number of nitrogens with one attached hydrogen (secondary N) is 2. The van der Waals surface area contributed by atoms with E-state index < -0.39 is 5.25 Å². The van der Waals surface area contributed by atoms with Crippen LogP contribution in [0.5, 0.6) is 5.75 Å². The lowest BCUT2D eigenvalue weighted by Gasteiger charge is -2.12. The topological polar surface area (TPSA) is 93.4 Å². The molecule has 1 atom stereocenters. The number of thioether (sulfide) groups is 1. The first kappa shape index (κ1) is 25.0. The van der Waals surface area contributed by atoms with Gasteiger partial charge < -0.3 is 14.6 Å². The van der Waals surface area contributed by atoms with Crippen LogP contribution in [0.25, 0.3) is 0 Å². The van der Waals surface area contributed by atoms with Gasteiger partial charge in [-0.1, -0.05) is 35.5 Å². The molecule has 178 valence electrons. The van der Waals surface area contributed by atoms with Crippen molar-refractivity contribution in [2.45, 2.75) is 44.3 Å². The minimum atomic E-state index is -0.414. The molecule has 1 unspecified atom stereocenters. The molecule has 0 aliphatic heterocycles. The molecule has 0 radical (unpaired) electrons. The predicted molar refractivity (Wildman–Crippen MR) is 137 cm³/mol. The third kappa shape index (κ3) is 7.21. The number of nitrogens with zero attached hydrogens (tertiary/aromatic N) is 4. The van der Waals surface area contributed by atoms with Gasteiger partial charge in [-0.2, -0.15) is 5.10 Å². The van der Waals surface area contributed by atoms with E-state index in [0.29, 0.717) is 24.9 Å². The number of amides is 1. The number of carbonyl (C=O) groups excluding carboxylic acids is 1. The standard InChI is InChI=1S/C25H30N6O2S/c1-5-15-31-23(17-26-21-11-7-18(3)8-12-21)28-30-25(31)34-19(4)24(32)29-27-16-20-9-13-22(14-10-20)33-6-2/h5,7-14,16,19,26H,1,6,15,17H2,2-4H3,(H,29,32). The summed E-state index contributed by atoms with van der Waals surface area (Å²) in [6.45, 7) is 11.3. The van der Waals surface area contributed by atoms with Crippen molar-refractivity contribution in [1.82, 2.24) is 20.2 Å². The zero-order chi connectivity index (χ0) is 24.3. The molecule has 0 fully saturated rings. The molecule has 9 heteroatoms. The molecule has 0 saturated carbocycles. The van der Waals surface area contributed by atoms with Crippen molar-refractivity contribution in [3.05, 3.63) is 78.1 Å². The van der Waals surface area contributed by atoms with Crippen LogP contribution in [0, 0.1) is 6.92 Å². The fourth-order valence-electron chi connectivity index (χ4n) is 2.99. The number of benzene rings is 2. The Morgan fingerprint density at radius 2 is 1.94 bits per heavy atom. The van der Waals surface area contributed by atoms with Crippen LogP contribution in [-0.4, -0.2) is 38.7 Å². The highest BCUT2D eigenvalue weighted by molar-refractivity contribution is 8.00. The molecule has 1 heterocycles. The van der Waals surface area contributed by atoms with Crippen molar-refractivity contribution in [2.24, 2.45) is 5.10 Å². The maximum absolute atomic E-state index is 12.5. The van der Waals surface area contributed by atoms with Crippen LogP contribution in [0.4, 0.5) is 5.69 Å². The van der Waals surface area contributed by atoms with Crippen molar-refractivity contribution in [3.8, 4) is 5.75 Å². The van der Waals surface area contributed by atoms with Crippen LogP contribution in [-0.2, 0) is 17.9 Å². The summed E-state index contributed by atoms with van der Waals surface area (Å²) in [5, 5.41) is 16.3. The van der Waals surface area contributed by atoms with Gasteiger partial charge in [-0.05, 0) is 62.7 Å². The van der Waals surface area contributed by atoms with Crippen LogP contribution in [0.2, 0.25) is 0 Å². The van der Waals surface area contributed by atoms with Crippen molar-refractivity contribution in [3.63, 3.8) is 0 Å². The predicted octanol–water partition coefficient (Wildman–Crippen LogP) is 4.41. The Balaban J connectivity index is 1.57. The summed E-state index contributed by atoms with van der Waals surface area (Å²) in [5.41, 5.74) is 5.66. The van der Waals surface area contributed by atoms with E-state index in [2.05, 4.69) is 51.7 Å². The van der Waals surface area contributed by atoms with Crippen molar-refractivity contribution in [1.29, 1.82) is 0 Å². The van der Waals surface area contributed by atoms with Gasteiger partial charge in [0, 0.05) is 12.2 Å². The van der Waals surface area contributed by atoms with E-state index in [-0.39, 0.29) is 5.91 Å². The lowest BCUT2D eigenvalue weighted by atomic mass is 10.2. The molecule has 34 heavy (non-hydrogen) atoms. The highest BCUT2D eigenvalue weighted by Gasteiger charge is 2.19. The van der Waals surface area contributed by atoms with Crippen molar-refractivity contribution in [2.75, 3.05) is 11.9 Å². The minimum absolute atomic E-state index is 0.223. The number of allylic oxidation sites excluding steroid dienone is 1. The number of hydrazone groups is 1. The van der Waals surface area contributed by atoms with Gasteiger partial charge in [0.05, 0.1) is 24.6 Å². The lowest BCUT2D eigenvalue weighted by molar-refractivity contribution is -0.120. The molecule has 0 saturated heterocycles. The second-order valence-corrected chi connectivity index (χ2v) is 8.82. The molecule has 8 nitrogen and oxygen atoms in total. The number of aromatic nitrogens is 3. The van der Waals surface area contributed by atoms with Crippen molar-refractivity contribution >= 4 is 29.6 Å². The van der Waals surface area contributed by atoms with Gasteiger partial charge >= 0.3 is 0 Å². The first-order valence-corrected chi connectivity index (χ1v) is 11.9. The summed E-state index contributed by atoms with van der Waals surface area (Å²) in [5.74, 6) is 1.34. The van der Waals surface area contributed by atoms with Crippen LogP contribution < -0.4 is 15.5 Å². The highest BCUT2D eigenvalue weighted by Crippen LogP contribution is 2.23. The van der Waals surface area contributed by atoms with Gasteiger partial charge in [-0.3, -0.25) is 4.79 Å². The lowest BCUT2D eigenvalue weighted by Crippen LogP contribution is -2.27. The summed E-state index contributed by atoms with van der Waals surface area (Å²) in [6, 6.07) is 15.6. The first-order chi connectivity index (χ1) is 16.5. The Bertz CT molecular complexity index is 1110. The average Bonchev–Trinajstić information content (AvgIpc) is 3.21. The Morgan fingerprint density at radius 3 is 2.62 bits per heavy atom. The van der Waals surface area contributed by atoms with Gasteiger partial charge in [0.2, 0.25) is 0 Å². The Morgan fingerprint density at radius 1 is 1.21 bits per heavy atom. The number of hydrogen-bond donors (Lipinski definition) is 2. The maximum atomic E-state index is 12.5. The third-order valence-electron chi connectivity index (χ3n) is 4.84. The summed E-state index contributed by atoms with van der Waals surface area (Å²) >= 11 is 1.33. The van der Waals surface area contributed by atoms with E-state index >= 15 is 0 Å². The monoisotopic (exact) mass is 478 g/mol. The Kier molecular flexibility index (Phi) is 9.28. The van der Waals surface area contributed by atoms with E-state index in [1.807, 2.05) is 54.8 Å². The largest absolute Gasteiger partial charge is 0.494 e. The third-order valence-corrected chi connectivity index (χ3v) is 5.92. The molecular formula is C25H30N6O2S. The molecule has 0 aliphatic carbocycles. The first-order valence-electron chi connectivity index (χ1n) is 11.1. The zero-order valence-corrected chi connectivity index (χ0v) is 20.5. The van der Waals surface area contributed by atoms with Gasteiger partial charge in [0.1, 0.15) is 5.75 Å².